The van der Waals surface area contributed by atoms with Crippen molar-refractivity contribution in [2.24, 2.45) is 0 Å². The molecule has 0 fully saturated rings. The first kappa shape index (κ1) is 12.8. The SMILES string of the molecule is CC(=O)c1csc(COc2cc(C)ccc2C)n1. The van der Waals surface area contributed by atoms with Crippen molar-refractivity contribution in [1.29, 1.82) is 0 Å². The minimum absolute atomic E-state index is 0.00997. The van der Waals surface area contributed by atoms with Gasteiger partial charge in [0.05, 0.1) is 0 Å². The smallest absolute Gasteiger partial charge is 0.178 e. The third-order valence-corrected chi connectivity index (χ3v) is 3.43. The van der Waals surface area contributed by atoms with Gasteiger partial charge < -0.3 is 4.74 Å². The van der Waals surface area contributed by atoms with E-state index in [2.05, 4.69) is 11.1 Å². The zero-order valence-electron chi connectivity index (χ0n) is 10.7. The van der Waals surface area contributed by atoms with E-state index in [1.54, 1.807) is 5.38 Å². The lowest BCUT2D eigenvalue weighted by atomic mass is 10.1. The third-order valence-electron chi connectivity index (χ3n) is 2.61. The molecule has 0 bridgehead atoms. The van der Waals surface area contributed by atoms with Gasteiger partial charge >= 0.3 is 0 Å². The van der Waals surface area contributed by atoms with E-state index < -0.39 is 0 Å². The molecule has 0 unspecified atom stereocenters. The number of nitrogens with zero attached hydrogens (tertiary/aromatic N) is 1. The summed E-state index contributed by atoms with van der Waals surface area (Å²) in [5.41, 5.74) is 2.78. The molecule has 0 aliphatic heterocycles. The summed E-state index contributed by atoms with van der Waals surface area (Å²) in [5, 5.41) is 2.59. The number of carbonyl (C=O) groups is 1. The van der Waals surface area contributed by atoms with Crippen LogP contribution in [0.1, 0.15) is 33.5 Å². The maximum atomic E-state index is 11.1. The van der Waals surface area contributed by atoms with E-state index in [1.165, 1.54) is 23.8 Å². The van der Waals surface area contributed by atoms with Gasteiger partial charge in [0, 0.05) is 12.3 Å². The van der Waals surface area contributed by atoms with Crippen molar-refractivity contribution in [3.8, 4) is 5.75 Å². The molecule has 0 atom stereocenters. The molecule has 0 aliphatic rings. The average Bonchev–Trinajstić information content (AvgIpc) is 2.79. The lowest BCUT2D eigenvalue weighted by molar-refractivity contribution is 0.101. The highest BCUT2D eigenvalue weighted by molar-refractivity contribution is 7.09. The van der Waals surface area contributed by atoms with Crippen LogP contribution in [0.5, 0.6) is 5.75 Å². The van der Waals surface area contributed by atoms with Gasteiger partial charge in [-0.1, -0.05) is 12.1 Å². The number of hydrogen-bond acceptors (Lipinski definition) is 4. The number of thiazole rings is 1. The van der Waals surface area contributed by atoms with Crippen LogP contribution in [0.4, 0.5) is 0 Å². The Hall–Kier alpha value is -1.68. The van der Waals surface area contributed by atoms with Crippen LogP contribution in [0, 0.1) is 13.8 Å². The van der Waals surface area contributed by atoms with Crippen molar-refractivity contribution in [2.75, 3.05) is 0 Å². The number of hydrogen-bond donors (Lipinski definition) is 0. The van der Waals surface area contributed by atoms with E-state index in [-0.39, 0.29) is 5.78 Å². The molecule has 0 amide bonds. The van der Waals surface area contributed by atoms with Crippen molar-refractivity contribution >= 4 is 17.1 Å². The summed E-state index contributed by atoms with van der Waals surface area (Å²) < 4.78 is 5.73. The quantitative estimate of drug-likeness (QED) is 0.790. The predicted octanol–water partition coefficient (Wildman–Crippen LogP) is 3.54. The van der Waals surface area contributed by atoms with Crippen LogP contribution in [0.25, 0.3) is 0 Å². The molecule has 1 aromatic heterocycles. The van der Waals surface area contributed by atoms with Gasteiger partial charge in [-0.2, -0.15) is 0 Å². The molecule has 4 heteroatoms. The summed E-state index contributed by atoms with van der Waals surface area (Å²) in [7, 11) is 0. The Balaban J connectivity index is 2.06. The van der Waals surface area contributed by atoms with Crippen molar-refractivity contribution in [3.63, 3.8) is 0 Å². The topological polar surface area (TPSA) is 39.2 Å². The highest BCUT2D eigenvalue weighted by Crippen LogP contribution is 2.21. The standard InChI is InChI=1S/C14H15NO2S/c1-9-4-5-10(2)13(6-9)17-7-14-15-12(8-18-14)11(3)16/h4-6,8H,7H2,1-3H3. The van der Waals surface area contributed by atoms with E-state index in [9.17, 15) is 4.79 Å². The Kier molecular flexibility index (Phi) is 3.77. The molecule has 0 spiro atoms. The van der Waals surface area contributed by atoms with Crippen LogP contribution in [-0.2, 0) is 6.61 Å². The molecule has 0 saturated heterocycles. The lowest BCUT2D eigenvalue weighted by Gasteiger charge is -2.08. The minimum atomic E-state index is -0.00997. The molecule has 94 valence electrons. The van der Waals surface area contributed by atoms with Crippen molar-refractivity contribution in [2.45, 2.75) is 27.4 Å². The highest BCUT2D eigenvalue weighted by Gasteiger charge is 2.07. The van der Waals surface area contributed by atoms with E-state index in [0.29, 0.717) is 12.3 Å². The van der Waals surface area contributed by atoms with Crippen LogP contribution >= 0.6 is 11.3 Å². The summed E-state index contributed by atoms with van der Waals surface area (Å²) in [6.07, 6.45) is 0. The zero-order valence-corrected chi connectivity index (χ0v) is 11.5. The fraction of sp³-hybridized carbons (Fsp3) is 0.286. The van der Waals surface area contributed by atoms with Gasteiger partial charge in [-0.05, 0) is 31.0 Å². The Morgan fingerprint density at radius 3 is 2.83 bits per heavy atom. The summed E-state index contributed by atoms with van der Waals surface area (Å²) in [6.45, 7) is 5.97. The monoisotopic (exact) mass is 261 g/mol. The van der Waals surface area contributed by atoms with Crippen molar-refractivity contribution in [3.05, 3.63) is 45.4 Å². The van der Waals surface area contributed by atoms with E-state index in [0.717, 1.165) is 16.3 Å². The van der Waals surface area contributed by atoms with Crippen LogP contribution in [-0.4, -0.2) is 10.8 Å². The average molecular weight is 261 g/mol. The molecular formula is C14H15NO2S. The summed E-state index contributed by atoms with van der Waals surface area (Å²) >= 11 is 1.45. The zero-order chi connectivity index (χ0) is 13.1. The molecule has 1 aromatic carbocycles. The van der Waals surface area contributed by atoms with E-state index in [4.69, 9.17) is 4.74 Å². The van der Waals surface area contributed by atoms with Crippen LogP contribution < -0.4 is 4.74 Å². The molecule has 18 heavy (non-hydrogen) atoms. The molecule has 2 aromatic rings. The maximum absolute atomic E-state index is 11.1. The van der Waals surface area contributed by atoms with Gasteiger partial charge in [0.2, 0.25) is 0 Å². The number of carbonyl (C=O) groups excluding carboxylic acids is 1. The Bertz CT molecular complexity index is 575. The lowest BCUT2D eigenvalue weighted by Crippen LogP contribution is -1.98. The maximum Gasteiger partial charge on any atom is 0.178 e. The highest BCUT2D eigenvalue weighted by atomic mass is 32.1. The van der Waals surface area contributed by atoms with Crippen LogP contribution in [0.2, 0.25) is 0 Å². The Labute approximate surface area is 110 Å². The molecule has 0 saturated carbocycles. The first-order valence-corrected chi connectivity index (χ1v) is 6.59. The van der Waals surface area contributed by atoms with Crippen molar-refractivity contribution < 1.29 is 9.53 Å². The number of ether oxygens (including phenoxy) is 1. The number of aromatic nitrogens is 1. The fourth-order valence-corrected chi connectivity index (χ4v) is 2.29. The van der Waals surface area contributed by atoms with Gasteiger partial charge in [0.1, 0.15) is 23.1 Å². The first-order chi connectivity index (χ1) is 8.56. The van der Waals surface area contributed by atoms with Gasteiger partial charge in [0.25, 0.3) is 0 Å². The first-order valence-electron chi connectivity index (χ1n) is 5.71. The predicted molar refractivity (Wildman–Crippen MR) is 72.4 cm³/mol. The molecule has 0 N–H and O–H groups in total. The Morgan fingerprint density at radius 2 is 2.17 bits per heavy atom. The summed E-state index contributed by atoms with van der Waals surface area (Å²) in [6, 6.07) is 6.10. The number of ketones is 1. The molecular weight excluding hydrogens is 246 g/mol. The second-order valence-electron chi connectivity index (χ2n) is 4.24. The normalized spacial score (nSPS) is 10.4. The van der Waals surface area contributed by atoms with Crippen LogP contribution in [0.3, 0.4) is 0 Å². The van der Waals surface area contributed by atoms with Crippen LogP contribution in [0.15, 0.2) is 23.6 Å². The largest absolute Gasteiger partial charge is 0.486 e. The number of aryl methyl sites for hydroxylation is 2. The summed E-state index contributed by atoms with van der Waals surface area (Å²) in [5.74, 6) is 0.860. The second kappa shape index (κ2) is 5.31. The number of Topliss-reactive ketones (excluding diaryl/α,β-unsaturated/α-hetero) is 1. The molecule has 0 aliphatic carbocycles. The molecule has 1 heterocycles. The van der Waals surface area contributed by atoms with E-state index in [1.807, 2.05) is 26.0 Å². The molecule has 2 rings (SSSR count). The van der Waals surface area contributed by atoms with Gasteiger partial charge in [0.15, 0.2) is 5.78 Å². The molecule has 0 radical (unpaired) electrons. The minimum Gasteiger partial charge on any atom is -0.486 e. The van der Waals surface area contributed by atoms with Gasteiger partial charge in [-0.3, -0.25) is 4.79 Å². The number of benzene rings is 1. The fourth-order valence-electron chi connectivity index (χ4n) is 1.54. The van der Waals surface area contributed by atoms with E-state index >= 15 is 0 Å². The second-order valence-corrected chi connectivity index (χ2v) is 5.18. The summed E-state index contributed by atoms with van der Waals surface area (Å²) in [4.78, 5) is 15.4. The van der Waals surface area contributed by atoms with Crippen molar-refractivity contribution in [1.82, 2.24) is 4.98 Å². The van der Waals surface area contributed by atoms with Gasteiger partial charge in [-0.25, -0.2) is 4.98 Å². The van der Waals surface area contributed by atoms with Gasteiger partial charge in [-0.15, -0.1) is 11.3 Å². The number of rotatable bonds is 4. The Morgan fingerprint density at radius 1 is 1.39 bits per heavy atom. The third kappa shape index (κ3) is 2.96. The molecule has 3 nitrogen and oxygen atoms in total.